The first kappa shape index (κ1) is 12.1. The van der Waals surface area contributed by atoms with E-state index in [1.54, 1.807) is 6.07 Å². The number of piperazine rings is 1. The summed E-state index contributed by atoms with van der Waals surface area (Å²) in [6.07, 6.45) is 0. The Morgan fingerprint density at radius 3 is 2.82 bits per heavy atom. The van der Waals surface area contributed by atoms with Crippen LogP contribution in [0.1, 0.15) is 6.92 Å². The van der Waals surface area contributed by atoms with E-state index < -0.39 is 11.6 Å². The van der Waals surface area contributed by atoms with E-state index in [0.29, 0.717) is 5.69 Å². The minimum Gasteiger partial charge on any atom is -0.493 e. The number of hydrogen-bond acceptors (Lipinski definition) is 3. The Morgan fingerprint density at radius 1 is 1.41 bits per heavy atom. The number of benzene rings is 1. The minimum absolute atomic E-state index is 0.0502. The first-order valence-corrected chi connectivity index (χ1v) is 5.64. The van der Waals surface area contributed by atoms with E-state index in [2.05, 4.69) is 5.32 Å². The van der Waals surface area contributed by atoms with Crippen LogP contribution in [0.5, 0.6) is 5.75 Å². The lowest BCUT2D eigenvalue weighted by atomic mass is 10.1. The summed E-state index contributed by atoms with van der Waals surface area (Å²) in [6, 6.07) is 3.01. The summed E-state index contributed by atoms with van der Waals surface area (Å²) in [7, 11) is 1.34. The second-order valence-corrected chi connectivity index (χ2v) is 4.19. The van der Waals surface area contributed by atoms with Gasteiger partial charge in [-0.3, -0.25) is 0 Å². The molecule has 0 radical (unpaired) electrons. The highest BCUT2D eigenvalue weighted by Crippen LogP contribution is 2.28. The summed E-state index contributed by atoms with van der Waals surface area (Å²) >= 11 is 0. The van der Waals surface area contributed by atoms with Crippen LogP contribution in [-0.4, -0.2) is 32.8 Å². The Hall–Kier alpha value is -1.36. The molecule has 1 aliphatic rings. The van der Waals surface area contributed by atoms with Crippen LogP contribution in [0.2, 0.25) is 0 Å². The maximum Gasteiger partial charge on any atom is 0.200 e. The van der Waals surface area contributed by atoms with Crippen LogP contribution in [0.4, 0.5) is 14.5 Å². The van der Waals surface area contributed by atoms with E-state index >= 15 is 0 Å². The molecule has 1 atom stereocenters. The van der Waals surface area contributed by atoms with Crippen LogP contribution in [0.15, 0.2) is 12.1 Å². The number of nitrogens with one attached hydrogen (secondary N) is 1. The zero-order valence-corrected chi connectivity index (χ0v) is 9.96. The first-order valence-electron chi connectivity index (χ1n) is 5.64. The monoisotopic (exact) mass is 242 g/mol. The highest BCUT2D eigenvalue weighted by atomic mass is 19.2. The predicted molar refractivity (Wildman–Crippen MR) is 62.6 cm³/mol. The van der Waals surface area contributed by atoms with Crippen LogP contribution in [0.25, 0.3) is 0 Å². The van der Waals surface area contributed by atoms with Gasteiger partial charge in [-0.1, -0.05) is 0 Å². The molecule has 2 rings (SSSR count). The summed E-state index contributed by atoms with van der Waals surface area (Å²) < 4.78 is 31.6. The van der Waals surface area contributed by atoms with Crippen LogP contribution < -0.4 is 15.0 Å². The molecule has 1 heterocycles. The quantitative estimate of drug-likeness (QED) is 0.855. The lowest BCUT2D eigenvalue weighted by Gasteiger charge is -2.36. The number of hydrogen-bond donors (Lipinski definition) is 1. The third-order valence-corrected chi connectivity index (χ3v) is 3.03. The van der Waals surface area contributed by atoms with Gasteiger partial charge in [0, 0.05) is 43.5 Å². The molecule has 3 nitrogen and oxygen atoms in total. The van der Waals surface area contributed by atoms with E-state index in [4.69, 9.17) is 4.74 Å². The first-order chi connectivity index (χ1) is 8.13. The molecule has 1 aliphatic heterocycles. The molecule has 0 spiro atoms. The van der Waals surface area contributed by atoms with E-state index in [-0.39, 0.29) is 11.8 Å². The zero-order valence-electron chi connectivity index (χ0n) is 9.96. The van der Waals surface area contributed by atoms with Gasteiger partial charge in [-0.25, -0.2) is 4.39 Å². The van der Waals surface area contributed by atoms with Crippen molar-refractivity contribution in [3.8, 4) is 5.75 Å². The molecule has 5 heteroatoms. The summed E-state index contributed by atoms with van der Waals surface area (Å²) in [4.78, 5) is 2.04. The zero-order chi connectivity index (χ0) is 12.4. The second-order valence-electron chi connectivity index (χ2n) is 4.19. The smallest absolute Gasteiger partial charge is 0.200 e. The molecule has 1 fully saturated rings. The van der Waals surface area contributed by atoms with Gasteiger partial charge >= 0.3 is 0 Å². The molecule has 94 valence electrons. The molecule has 1 saturated heterocycles. The normalized spacial score (nSPS) is 20.5. The van der Waals surface area contributed by atoms with Gasteiger partial charge in [-0.05, 0) is 6.92 Å². The number of nitrogens with zero attached hydrogens (tertiary/aromatic N) is 1. The number of ether oxygens (including phenoxy) is 1. The average molecular weight is 242 g/mol. The average Bonchev–Trinajstić information content (AvgIpc) is 2.33. The molecular formula is C12H16F2N2O. The Bertz CT molecular complexity index is 412. The molecule has 0 saturated carbocycles. The predicted octanol–water partition coefficient (Wildman–Crippen LogP) is 1.77. The summed E-state index contributed by atoms with van der Waals surface area (Å²) in [5.74, 6) is -1.85. The number of methoxy groups -OCH3 is 1. The molecule has 0 unspecified atom stereocenters. The Kier molecular flexibility index (Phi) is 3.47. The fourth-order valence-corrected chi connectivity index (χ4v) is 2.09. The fraction of sp³-hybridized carbons (Fsp3) is 0.500. The molecule has 1 aromatic rings. The van der Waals surface area contributed by atoms with Crippen LogP contribution >= 0.6 is 0 Å². The molecule has 0 aromatic heterocycles. The summed E-state index contributed by atoms with van der Waals surface area (Å²) in [5, 5.41) is 3.25. The number of anilines is 1. The largest absolute Gasteiger partial charge is 0.493 e. The topological polar surface area (TPSA) is 24.5 Å². The van der Waals surface area contributed by atoms with Crippen LogP contribution in [-0.2, 0) is 0 Å². The molecule has 1 N–H and O–H groups in total. The van der Waals surface area contributed by atoms with Gasteiger partial charge in [0.1, 0.15) is 0 Å². The molecule has 0 bridgehead atoms. The molecule has 1 aromatic carbocycles. The van der Waals surface area contributed by atoms with Crippen molar-refractivity contribution in [2.75, 3.05) is 31.6 Å². The van der Waals surface area contributed by atoms with E-state index in [1.807, 2.05) is 11.8 Å². The van der Waals surface area contributed by atoms with Gasteiger partial charge < -0.3 is 15.0 Å². The highest BCUT2D eigenvalue weighted by molar-refractivity contribution is 5.53. The van der Waals surface area contributed by atoms with E-state index in [9.17, 15) is 8.78 Å². The maximum atomic E-state index is 13.4. The van der Waals surface area contributed by atoms with Gasteiger partial charge in [0.05, 0.1) is 7.11 Å². The Morgan fingerprint density at radius 2 is 2.18 bits per heavy atom. The minimum atomic E-state index is -0.931. The van der Waals surface area contributed by atoms with Crippen molar-refractivity contribution in [2.45, 2.75) is 13.0 Å². The SMILES string of the molecule is COc1cc(N2CCNC[C@@H]2C)cc(F)c1F. The number of halogens is 2. The summed E-state index contributed by atoms with van der Waals surface area (Å²) in [6.45, 7) is 4.49. The Labute approximate surface area is 99.4 Å². The van der Waals surface area contributed by atoms with Crippen molar-refractivity contribution in [3.05, 3.63) is 23.8 Å². The fourth-order valence-electron chi connectivity index (χ4n) is 2.09. The van der Waals surface area contributed by atoms with Crippen LogP contribution in [0.3, 0.4) is 0 Å². The van der Waals surface area contributed by atoms with Crippen molar-refractivity contribution < 1.29 is 13.5 Å². The lowest BCUT2D eigenvalue weighted by molar-refractivity contribution is 0.371. The van der Waals surface area contributed by atoms with Gasteiger partial charge in [0.15, 0.2) is 11.6 Å². The summed E-state index contributed by atoms with van der Waals surface area (Å²) in [5.41, 5.74) is 0.662. The van der Waals surface area contributed by atoms with Crippen molar-refractivity contribution in [3.63, 3.8) is 0 Å². The van der Waals surface area contributed by atoms with Crippen molar-refractivity contribution in [1.82, 2.24) is 5.32 Å². The van der Waals surface area contributed by atoms with Crippen LogP contribution in [0, 0.1) is 11.6 Å². The van der Waals surface area contributed by atoms with Gasteiger partial charge in [0.2, 0.25) is 5.82 Å². The van der Waals surface area contributed by atoms with Gasteiger partial charge in [0.25, 0.3) is 0 Å². The van der Waals surface area contributed by atoms with Gasteiger partial charge in [-0.15, -0.1) is 0 Å². The third kappa shape index (κ3) is 2.34. The number of rotatable bonds is 2. The molecule has 0 aliphatic carbocycles. The lowest BCUT2D eigenvalue weighted by Crippen LogP contribution is -2.50. The van der Waals surface area contributed by atoms with Crippen molar-refractivity contribution in [2.24, 2.45) is 0 Å². The molecule has 17 heavy (non-hydrogen) atoms. The van der Waals surface area contributed by atoms with Gasteiger partial charge in [-0.2, -0.15) is 4.39 Å². The standard InChI is InChI=1S/C12H16F2N2O/c1-8-7-15-3-4-16(8)9-5-10(13)12(14)11(6-9)17-2/h5-6,8,15H,3-4,7H2,1-2H3/t8-/m0/s1. The maximum absolute atomic E-state index is 13.4. The van der Waals surface area contributed by atoms with Crippen molar-refractivity contribution >= 4 is 5.69 Å². The third-order valence-electron chi connectivity index (χ3n) is 3.03. The molecular weight excluding hydrogens is 226 g/mol. The van der Waals surface area contributed by atoms with E-state index in [1.165, 1.54) is 13.2 Å². The Balaban J connectivity index is 2.34. The highest BCUT2D eigenvalue weighted by Gasteiger charge is 2.21. The second kappa shape index (κ2) is 4.87. The van der Waals surface area contributed by atoms with Crippen molar-refractivity contribution in [1.29, 1.82) is 0 Å². The van der Waals surface area contributed by atoms with E-state index in [0.717, 1.165) is 19.6 Å². The molecule has 0 amide bonds.